The van der Waals surface area contributed by atoms with Gasteiger partial charge in [-0.15, -0.1) is 0 Å². The van der Waals surface area contributed by atoms with E-state index >= 15 is 0 Å². The van der Waals surface area contributed by atoms with Crippen LogP contribution in [-0.4, -0.2) is 24.2 Å². The summed E-state index contributed by atoms with van der Waals surface area (Å²) in [5, 5.41) is 0.529. The minimum Gasteiger partial charge on any atom is -0.319 e. The summed E-state index contributed by atoms with van der Waals surface area (Å²) in [5.74, 6) is 0.258. The highest BCUT2D eigenvalue weighted by Crippen LogP contribution is 2.31. The fourth-order valence-electron chi connectivity index (χ4n) is 3.16. The van der Waals surface area contributed by atoms with Gasteiger partial charge in [0.15, 0.2) is 9.84 Å². The van der Waals surface area contributed by atoms with Gasteiger partial charge in [0.2, 0.25) is 0 Å². The van der Waals surface area contributed by atoms with Gasteiger partial charge in [-0.25, -0.2) is 17.8 Å². The molecular weight excluding hydrogens is 399 g/mol. The van der Waals surface area contributed by atoms with Crippen LogP contribution >= 0.6 is 11.6 Å². The summed E-state index contributed by atoms with van der Waals surface area (Å²) < 4.78 is 39.6. The largest absolute Gasteiger partial charge is 0.319 e. The van der Waals surface area contributed by atoms with Gasteiger partial charge < -0.3 is 4.57 Å². The van der Waals surface area contributed by atoms with Gasteiger partial charge in [0, 0.05) is 18.4 Å². The van der Waals surface area contributed by atoms with Gasteiger partial charge in [-0.1, -0.05) is 35.9 Å². The van der Waals surface area contributed by atoms with Crippen LogP contribution in [0.1, 0.15) is 5.56 Å². The molecule has 1 aromatic heterocycles. The number of fused-ring (bicyclic) bond motifs is 1. The van der Waals surface area contributed by atoms with Crippen LogP contribution in [0.4, 0.5) is 4.39 Å². The molecule has 0 aliphatic heterocycles. The summed E-state index contributed by atoms with van der Waals surface area (Å²) in [5.41, 5.74) is 2.73. The minimum absolute atomic E-state index is 0.200. The van der Waals surface area contributed by atoms with E-state index in [9.17, 15) is 12.8 Å². The van der Waals surface area contributed by atoms with Crippen molar-refractivity contribution in [1.82, 2.24) is 9.55 Å². The third kappa shape index (κ3) is 3.53. The van der Waals surface area contributed by atoms with Crippen LogP contribution in [0.15, 0.2) is 71.6 Å². The molecule has 4 nitrogen and oxygen atoms in total. The van der Waals surface area contributed by atoms with Gasteiger partial charge in [0.05, 0.1) is 21.0 Å². The molecule has 0 spiro atoms. The maximum Gasteiger partial charge on any atom is 0.175 e. The Balaban J connectivity index is 1.99. The molecule has 0 aliphatic carbocycles. The zero-order valence-electron chi connectivity index (χ0n) is 14.9. The van der Waals surface area contributed by atoms with Crippen LogP contribution in [0.5, 0.6) is 0 Å². The zero-order valence-corrected chi connectivity index (χ0v) is 16.5. The Morgan fingerprint density at radius 1 is 1.04 bits per heavy atom. The van der Waals surface area contributed by atoms with Gasteiger partial charge in [-0.2, -0.15) is 0 Å². The lowest BCUT2D eigenvalue weighted by atomic mass is 10.2. The molecule has 0 amide bonds. The first-order valence-electron chi connectivity index (χ1n) is 8.52. The molecule has 28 heavy (non-hydrogen) atoms. The van der Waals surface area contributed by atoms with Crippen molar-refractivity contribution < 1.29 is 12.8 Å². The number of sulfone groups is 1. The molecule has 3 aromatic carbocycles. The van der Waals surface area contributed by atoms with E-state index in [1.165, 1.54) is 18.2 Å². The Morgan fingerprint density at radius 2 is 1.82 bits per heavy atom. The summed E-state index contributed by atoms with van der Waals surface area (Å²) in [6, 6.07) is 18.4. The lowest BCUT2D eigenvalue weighted by molar-refractivity contribution is 0.602. The third-order valence-electron chi connectivity index (χ3n) is 4.49. The number of aromatic nitrogens is 2. The van der Waals surface area contributed by atoms with E-state index in [2.05, 4.69) is 4.98 Å². The lowest BCUT2D eigenvalue weighted by Crippen LogP contribution is -2.04. The third-order valence-corrected chi connectivity index (χ3v) is 5.93. The molecule has 0 unspecified atom stereocenters. The van der Waals surface area contributed by atoms with Crippen molar-refractivity contribution in [3.8, 4) is 11.4 Å². The molecule has 0 radical (unpaired) electrons. The highest BCUT2D eigenvalue weighted by atomic mass is 35.5. The maximum absolute atomic E-state index is 13.7. The highest BCUT2D eigenvalue weighted by molar-refractivity contribution is 7.90. The summed E-state index contributed by atoms with van der Waals surface area (Å²) in [6.07, 6.45) is 1.16. The van der Waals surface area contributed by atoms with E-state index in [-0.39, 0.29) is 10.7 Å². The van der Waals surface area contributed by atoms with Gasteiger partial charge in [0.1, 0.15) is 11.6 Å². The van der Waals surface area contributed by atoms with Crippen LogP contribution in [0.25, 0.3) is 22.4 Å². The first-order valence-corrected chi connectivity index (χ1v) is 10.8. The minimum atomic E-state index is -3.38. The summed E-state index contributed by atoms with van der Waals surface area (Å²) in [4.78, 5) is 4.88. The number of halogens is 2. The monoisotopic (exact) mass is 414 g/mol. The number of hydrogen-bond acceptors (Lipinski definition) is 3. The SMILES string of the molecule is CS(=O)(=O)c1ccc2nc(-c3ccccc3Cl)n(Cc3cccc(F)c3)c2c1. The molecule has 142 valence electrons. The molecule has 0 aliphatic rings. The second kappa shape index (κ2) is 7.04. The quantitative estimate of drug-likeness (QED) is 0.475. The second-order valence-electron chi connectivity index (χ2n) is 6.55. The van der Waals surface area contributed by atoms with Crippen LogP contribution in [0, 0.1) is 5.82 Å². The van der Waals surface area contributed by atoms with E-state index < -0.39 is 9.84 Å². The van der Waals surface area contributed by atoms with Crippen molar-refractivity contribution in [2.45, 2.75) is 11.4 Å². The van der Waals surface area contributed by atoms with Crippen LogP contribution in [-0.2, 0) is 16.4 Å². The topological polar surface area (TPSA) is 52.0 Å². The fraction of sp³-hybridized carbons (Fsp3) is 0.0952. The average Bonchev–Trinajstić information content (AvgIpc) is 2.99. The van der Waals surface area contributed by atoms with Crippen LogP contribution in [0.3, 0.4) is 0 Å². The van der Waals surface area contributed by atoms with Crippen molar-refractivity contribution >= 4 is 32.5 Å². The molecule has 4 rings (SSSR count). The highest BCUT2D eigenvalue weighted by Gasteiger charge is 2.18. The number of imidazole rings is 1. The van der Waals surface area contributed by atoms with Gasteiger partial charge >= 0.3 is 0 Å². The fourth-order valence-corrected chi connectivity index (χ4v) is 4.02. The summed E-state index contributed by atoms with van der Waals surface area (Å²) in [6.45, 7) is 0.321. The van der Waals surface area contributed by atoms with Crippen LogP contribution < -0.4 is 0 Å². The van der Waals surface area contributed by atoms with Crippen molar-refractivity contribution in [2.24, 2.45) is 0 Å². The second-order valence-corrected chi connectivity index (χ2v) is 8.98. The molecule has 0 bridgehead atoms. The maximum atomic E-state index is 13.7. The van der Waals surface area contributed by atoms with Crippen molar-refractivity contribution in [2.75, 3.05) is 6.26 Å². The normalized spacial score (nSPS) is 11.8. The van der Waals surface area contributed by atoms with E-state index in [1.54, 1.807) is 24.3 Å². The lowest BCUT2D eigenvalue weighted by Gasteiger charge is -2.11. The number of rotatable bonds is 4. The Bertz CT molecular complexity index is 1300. The summed E-state index contributed by atoms with van der Waals surface area (Å²) >= 11 is 6.38. The summed E-state index contributed by atoms with van der Waals surface area (Å²) in [7, 11) is -3.38. The van der Waals surface area contributed by atoms with Gasteiger partial charge in [-0.3, -0.25) is 0 Å². The van der Waals surface area contributed by atoms with Gasteiger partial charge in [0.25, 0.3) is 0 Å². The first kappa shape index (κ1) is 18.7. The standard InChI is InChI=1S/C21H16ClFN2O2S/c1-28(26,27)16-9-10-19-20(12-16)25(13-14-5-4-6-15(23)11-14)21(24-19)17-7-2-3-8-18(17)22/h2-12H,13H2,1H3. The Hall–Kier alpha value is -2.70. The molecule has 1 heterocycles. The Morgan fingerprint density at radius 3 is 2.54 bits per heavy atom. The molecule has 0 saturated heterocycles. The molecular formula is C21H16ClFN2O2S. The van der Waals surface area contributed by atoms with Gasteiger partial charge in [-0.05, 0) is 48.0 Å². The average molecular weight is 415 g/mol. The molecule has 0 N–H and O–H groups in total. The number of benzene rings is 3. The molecule has 0 fully saturated rings. The smallest absolute Gasteiger partial charge is 0.175 e. The number of nitrogens with zero attached hydrogens (tertiary/aromatic N) is 2. The molecule has 4 aromatic rings. The van der Waals surface area contributed by atoms with E-state index in [1.807, 2.05) is 28.8 Å². The molecule has 0 saturated carbocycles. The van der Waals surface area contributed by atoms with E-state index in [4.69, 9.17) is 11.6 Å². The van der Waals surface area contributed by atoms with Crippen molar-refractivity contribution in [3.05, 3.63) is 83.1 Å². The molecule has 0 atom stereocenters. The van der Waals surface area contributed by atoms with Crippen molar-refractivity contribution in [3.63, 3.8) is 0 Å². The molecule has 7 heteroatoms. The van der Waals surface area contributed by atoms with Crippen LogP contribution in [0.2, 0.25) is 5.02 Å². The van der Waals surface area contributed by atoms with E-state index in [0.717, 1.165) is 17.4 Å². The van der Waals surface area contributed by atoms with E-state index in [0.29, 0.717) is 28.4 Å². The predicted molar refractivity (Wildman–Crippen MR) is 109 cm³/mol. The predicted octanol–water partition coefficient (Wildman–Crippen LogP) is 4.95. The van der Waals surface area contributed by atoms with Crippen molar-refractivity contribution in [1.29, 1.82) is 0 Å². The zero-order chi connectivity index (χ0) is 19.9. The Labute approximate surface area is 167 Å². The number of hydrogen-bond donors (Lipinski definition) is 0. The Kier molecular flexibility index (Phi) is 4.69. The first-order chi connectivity index (χ1) is 13.3.